The Labute approximate surface area is 176 Å². The van der Waals surface area contributed by atoms with Gasteiger partial charge in [-0.2, -0.15) is 0 Å². The van der Waals surface area contributed by atoms with Gasteiger partial charge in [0.1, 0.15) is 22.8 Å². The molecule has 30 heavy (non-hydrogen) atoms. The van der Waals surface area contributed by atoms with Crippen LogP contribution in [0.15, 0.2) is 54.6 Å². The van der Waals surface area contributed by atoms with Crippen LogP contribution in [0.1, 0.15) is 26.2 Å². The number of pyridine rings is 1. The number of nitrogens with zero attached hydrogens (tertiary/aromatic N) is 2. The molecule has 1 fully saturated rings. The molecule has 2 heterocycles. The maximum atomic E-state index is 12.4. The molecule has 1 atom stereocenters. The Morgan fingerprint density at radius 1 is 1.10 bits per heavy atom. The first-order valence-corrected chi connectivity index (χ1v) is 10.4. The van der Waals surface area contributed by atoms with Gasteiger partial charge in [-0.05, 0) is 56.5 Å². The molecular weight excluding hydrogens is 378 g/mol. The van der Waals surface area contributed by atoms with Crippen molar-refractivity contribution in [3.63, 3.8) is 0 Å². The number of hydrogen-bond acceptors (Lipinski definition) is 5. The second-order valence-electron chi connectivity index (χ2n) is 7.57. The summed E-state index contributed by atoms with van der Waals surface area (Å²) in [6.07, 6.45) is 3.63. The lowest BCUT2D eigenvalue weighted by Crippen LogP contribution is -2.37. The predicted molar refractivity (Wildman–Crippen MR) is 120 cm³/mol. The summed E-state index contributed by atoms with van der Waals surface area (Å²) in [6.45, 7) is 3.16. The minimum Gasteiger partial charge on any atom is -0.495 e. The Hall–Kier alpha value is -3.28. The SMILES string of the molecule is COc1ccccc1NC(=O)COc1cccc2ccc(N3CCCCC3C)nc12. The molecule has 0 saturated carbocycles. The van der Waals surface area contributed by atoms with Crippen LogP contribution in [0.5, 0.6) is 11.5 Å². The number of methoxy groups -OCH3 is 1. The van der Waals surface area contributed by atoms with Crippen molar-refractivity contribution >= 4 is 28.3 Å². The van der Waals surface area contributed by atoms with E-state index in [9.17, 15) is 4.79 Å². The largest absolute Gasteiger partial charge is 0.495 e. The summed E-state index contributed by atoms with van der Waals surface area (Å²) < 4.78 is 11.1. The van der Waals surface area contributed by atoms with Crippen LogP contribution in [-0.4, -0.2) is 37.2 Å². The van der Waals surface area contributed by atoms with Crippen LogP contribution in [0.2, 0.25) is 0 Å². The van der Waals surface area contributed by atoms with Gasteiger partial charge in [0.15, 0.2) is 6.61 Å². The van der Waals surface area contributed by atoms with E-state index in [1.165, 1.54) is 19.3 Å². The van der Waals surface area contributed by atoms with Gasteiger partial charge in [-0.15, -0.1) is 0 Å². The molecule has 1 aromatic heterocycles. The zero-order valence-electron chi connectivity index (χ0n) is 17.4. The number of piperidine rings is 1. The zero-order valence-corrected chi connectivity index (χ0v) is 17.4. The third kappa shape index (κ3) is 4.32. The van der Waals surface area contributed by atoms with Crippen molar-refractivity contribution in [2.45, 2.75) is 32.2 Å². The average Bonchev–Trinajstić information content (AvgIpc) is 2.78. The maximum Gasteiger partial charge on any atom is 0.262 e. The van der Waals surface area contributed by atoms with Gasteiger partial charge < -0.3 is 19.7 Å². The molecule has 0 aliphatic carbocycles. The van der Waals surface area contributed by atoms with Crippen LogP contribution in [0.25, 0.3) is 10.9 Å². The molecule has 2 aromatic carbocycles. The molecule has 0 bridgehead atoms. The summed E-state index contributed by atoms with van der Waals surface area (Å²) in [6, 6.07) is 17.7. The highest BCUT2D eigenvalue weighted by Crippen LogP contribution is 2.29. The highest BCUT2D eigenvalue weighted by molar-refractivity contribution is 5.94. The lowest BCUT2D eigenvalue weighted by molar-refractivity contribution is -0.118. The van der Waals surface area contributed by atoms with Gasteiger partial charge in [0.05, 0.1) is 12.8 Å². The summed E-state index contributed by atoms with van der Waals surface area (Å²) in [5, 5.41) is 3.82. The van der Waals surface area contributed by atoms with Gasteiger partial charge in [0.25, 0.3) is 5.91 Å². The third-order valence-electron chi connectivity index (χ3n) is 5.51. The van der Waals surface area contributed by atoms with Crippen LogP contribution in [0.4, 0.5) is 11.5 Å². The number of nitrogens with one attached hydrogen (secondary N) is 1. The number of anilines is 2. The third-order valence-corrected chi connectivity index (χ3v) is 5.51. The van der Waals surface area contributed by atoms with E-state index >= 15 is 0 Å². The van der Waals surface area contributed by atoms with Crippen molar-refractivity contribution in [2.75, 3.05) is 30.5 Å². The van der Waals surface area contributed by atoms with E-state index in [0.717, 1.165) is 23.3 Å². The van der Waals surface area contributed by atoms with Gasteiger partial charge in [-0.25, -0.2) is 4.98 Å². The molecule has 1 aliphatic heterocycles. The molecule has 0 radical (unpaired) electrons. The van der Waals surface area contributed by atoms with E-state index in [4.69, 9.17) is 14.5 Å². The number of carbonyl (C=O) groups is 1. The quantitative estimate of drug-likeness (QED) is 0.647. The first-order valence-electron chi connectivity index (χ1n) is 10.4. The molecule has 0 spiro atoms. The number of ether oxygens (including phenoxy) is 2. The van der Waals surface area contributed by atoms with Crippen molar-refractivity contribution in [1.29, 1.82) is 0 Å². The number of benzene rings is 2. The number of rotatable bonds is 6. The number of fused-ring (bicyclic) bond motifs is 1. The van der Waals surface area contributed by atoms with Crippen molar-refractivity contribution in [3.8, 4) is 11.5 Å². The molecule has 156 valence electrons. The Bertz CT molecular complexity index is 1040. The average molecular weight is 405 g/mol. The second kappa shape index (κ2) is 9.03. The lowest BCUT2D eigenvalue weighted by atomic mass is 10.0. The fourth-order valence-electron chi connectivity index (χ4n) is 3.90. The van der Waals surface area contributed by atoms with E-state index in [1.807, 2.05) is 30.3 Å². The minimum absolute atomic E-state index is 0.108. The number of aromatic nitrogens is 1. The monoisotopic (exact) mass is 405 g/mol. The number of carbonyl (C=O) groups excluding carboxylic acids is 1. The molecule has 1 amide bonds. The molecule has 4 rings (SSSR count). The minimum atomic E-state index is -0.252. The Morgan fingerprint density at radius 2 is 1.93 bits per heavy atom. The summed E-state index contributed by atoms with van der Waals surface area (Å²) in [5.41, 5.74) is 1.39. The van der Waals surface area contributed by atoms with E-state index in [1.54, 1.807) is 19.2 Å². The van der Waals surface area contributed by atoms with Crippen LogP contribution in [0, 0.1) is 0 Å². The van der Waals surface area contributed by atoms with E-state index in [0.29, 0.717) is 23.2 Å². The second-order valence-corrected chi connectivity index (χ2v) is 7.57. The fraction of sp³-hybridized carbons (Fsp3) is 0.333. The fourth-order valence-corrected chi connectivity index (χ4v) is 3.90. The molecular formula is C24H27N3O3. The Morgan fingerprint density at radius 3 is 2.77 bits per heavy atom. The number of para-hydroxylation sites is 3. The Balaban J connectivity index is 1.51. The van der Waals surface area contributed by atoms with Gasteiger partial charge >= 0.3 is 0 Å². The van der Waals surface area contributed by atoms with Crippen molar-refractivity contribution < 1.29 is 14.3 Å². The lowest BCUT2D eigenvalue weighted by Gasteiger charge is -2.34. The van der Waals surface area contributed by atoms with E-state index < -0.39 is 0 Å². The maximum absolute atomic E-state index is 12.4. The highest BCUT2D eigenvalue weighted by Gasteiger charge is 2.20. The summed E-state index contributed by atoms with van der Waals surface area (Å²) in [7, 11) is 1.57. The molecule has 1 N–H and O–H groups in total. The molecule has 1 saturated heterocycles. The van der Waals surface area contributed by atoms with Crippen LogP contribution >= 0.6 is 0 Å². The molecule has 6 nitrogen and oxygen atoms in total. The molecule has 1 aliphatic rings. The first kappa shape index (κ1) is 20.0. The van der Waals surface area contributed by atoms with Gasteiger partial charge in [0.2, 0.25) is 0 Å². The van der Waals surface area contributed by atoms with E-state index in [-0.39, 0.29) is 12.5 Å². The number of amides is 1. The Kier molecular flexibility index (Phi) is 6.02. The smallest absolute Gasteiger partial charge is 0.262 e. The first-order chi connectivity index (χ1) is 14.7. The standard InChI is InChI=1S/C24H27N3O3/c1-17-8-5-6-15-27(17)22-14-13-18-9-7-12-21(24(18)26-22)30-16-23(28)25-19-10-3-4-11-20(19)29-2/h3-4,7,9-14,17H,5-6,8,15-16H2,1-2H3,(H,25,28). The van der Waals surface area contributed by atoms with Crippen LogP contribution in [-0.2, 0) is 4.79 Å². The van der Waals surface area contributed by atoms with Gasteiger partial charge in [-0.3, -0.25) is 4.79 Å². The van der Waals surface area contributed by atoms with Gasteiger partial charge in [0, 0.05) is 18.0 Å². The van der Waals surface area contributed by atoms with Crippen LogP contribution < -0.4 is 19.7 Å². The van der Waals surface area contributed by atoms with Crippen LogP contribution in [0.3, 0.4) is 0 Å². The summed E-state index contributed by atoms with van der Waals surface area (Å²) in [4.78, 5) is 19.7. The zero-order chi connectivity index (χ0) is 20.9. The number of hydrogen-bond donors (Lipinski definition) is 1. The predicted octanol–water partition coefficient (Wildman–Crippen LogP) is 4.64. The van der Waals surface area contributed by atoms with E-state index in [2.05, 4.69) is 29.3 Å². The highest BCUT2D eigenvalue weighted by atomic mass is 16.5. The summed E-state index contributed by atoms with van der Waals surface area (Å²) >= 11 is 0. The molecule has 1 unspecified atom stereocenters. The van der Waals surface area contributed by atoms with Crippen molar-refractivity contribution in [3.05, 3.63) is 54.6 Å². The van der Waals surface area contributed by atoms with Crippen molar-refractivity contribution in [2.24, 2.45) is 0 Å². The summed E-state index contributed by atoms with van der Waals surface area (Å²) in [5.74, 6) is 1.92. The normalized spacial score (nSPS) is 16.3. The van der Waals surface area contributed by atoms with Crippen molar-refractivity contribution in [1.82, 2.24) is 4.98 Å². The topological polar surface area (TPSA) is 63.7 Å². The molecule has 6 heteroatoms. The molecule has 3 aromatic rings. The van der Waals surface area contributed by atoms with Gasteiger partial charge in [-0.1, -0.05) is 24.3 Å².